The molecule has 3 rings (SSSR count). The zero-order chi connectivity index (χ0) is 19.1. The van der Waals surface area contributed by atoms with E-state index in [1.807, 2.05) is 40.8 Å². The number of rotatable bonds is 3. The van der Waals surface area contributed by atoms with Crippen molar-refractivity contribution in [3.8, 4) is 23.4 Å². The summed E-state index contributed by atoms with van der Waals surface area (Å²) >= 11 is 0. The molecule has 0 radical (unpaired) electrons. The van der Waals surface area contributed by atoms with Crippen LogP contribution in [0.1, 0.15) is 33.5 Å². The van der Waals surface area contributed by atoms with Crippen molar-refractivity contribution in [1.29, 1.82) is 0 Å². The van der Waals surface area contributed by atoms with Crippen LogP contribution in [-0.2, 0) is 7.05 Å². The maximum atomic E-state index is 10.8. The van der Waals surface area contributed by atoms with Gasteiger partial charge in [0.15, 0.2) is 28.6 Å². The number of imidazole rings is 1. The summed E-state index contributed by atoms with van der Waals surface area (Å²) in [5.74, 6) is 7.48. The number of aromatic nitrogens is 4. The van der Waals surface area contributed by atoms with Crippen molar-refractivity contribution in [2.75, 3.05) is 5.73 Å². The molecule has 3 aromatic heterocycles. The average molecular weight is 390 g/mol. The second-order valence-electron chi connectivity index (χ2n) is 6.96. The zero-order valence-electron chi connectivity index (χ0n) is 16.0. The summed E-state index contributed by atoms with van der Waals surface area (Å²) in [4.78, 5) is 13.2. The maximum absolute atomic E-state index is 10.8. The molecule has 0 bridgehead atoms. The summed E-state index contributed by atoms with van der Waals surface area (Å²) in [5, 5.41) is 10.8. The van der Waals surface area contributed by atoms with Crippen LogP contribution in [0.5, 0.6) is 0 Å². The molecule has 144 valence electrons. The van der Waals surface area contributed by atoms with Gasteiger partial charge in [0.05, 0.1) is 6.26 Å². The third-order valence-electron chi connectivity index (χ3n) is 4.62. The van der Waals surface area contributed by atoms with Crippen molar-refractivity contribution in [3.05, 3.63) is 24.2 Å². The Morgan fingerprint density at radius 3 is 2.41 bits per heavy atom. The van der Waals surface area contributed by atoms with Gasteiger partial charge >= 0.3 is 0 Å². The number of hydrogen-bond donors (Lipinski definition) is 2. The second-order valence-corrected chi connectivity index (χ2v) is 6.96. The van der Waals surface area contributed by atoms with Gasteiger partial charge in [-0.05, 0) is 29.9 Å². The van der Waals surface area contributed by atoms with Gasteiger partial charge in [0.25, 0.3) is 0 Å². The predicted octanol–water partition coefficient (Wildman–Crippen LogP) is 3.02. The lowest BCUT2D eigenvalue weighted by Gasteiger charge is -2.30. The first-order valence-electron chi connectivity index (χ1n) is 8.53. The molecule has 0 spiro atoms. The van der Waals surface area contributed by atoms with Crippen LogP contribution in [0.2, 0.25) is 0 Å². The maximum Gasteiger partial charge on any atom is 0.209 e. The first-order valence-corrected chi connectivity index (χ1v) is 8.53. The van der Waals surface area contributed by atoms with E-state index >= 15 is 0 Å². The Balaban J connectivity index is 0.00000261. The fourth-order valence-corrected chi connectivity index (χ4v) is 2.88. The molecule has 0 aliphatic heterocycles. The molecule has 0 atom stereocenters. The van der Waals surface area contributed by atoms with Gasteiger partial charge in [-0.3, -0.25) is 0 Å². The van der Waals surface area contributed by atoms with Crippen molar-refractivity contribution in [1.82, 2.24) is 19.5 Å². The van der Waals surface area contributed by atoms with E-state index in [0.717, 1.165) is 0 Å². The van der Waals surface area contributed by atoms with Crippen molar-refractivity contribution >= 4 is 29.4 Å². The quantitative estimate of drug-likeness (QED) is 0.667. The van der Waals surface area contributed by atoms with Crippen LogP contribution < -0.4 is 5.73 Å². The largest absolute Gasteiger partial charge is 0.461 e. The van der Waals surface area contributed by atoms with E-state index in [9.17, 15) is 5.11 Å². The summed E-state index contributed by atoms with van der Waals surface area (Å²) in [6.07, 6.45) is 1.58. The summed E-state index contributed by atoms with van der Waals surface area (Å²) in [7, 11) is 1.83. The normalized spacial score (nSPS) is 11.6. The first-order chi connectivity index (χ1) is 12.2. The topological polar surface area (TPSA) is 103 Å². The van der Waals surface area contributed by atoms with Crippen LogP contribution in [0, 0.1) is 23.7 Å². The molecule has 0 unspecified atom stereocenters. The van der Waals surface area contributed by atoms with Crippen LogP contribution in [0.15, 0.2) is 22.8 Å². The SMILES string of the molecule is CC(C)C(O)(C#Cc1nc(N)c2nc(-c3ccco3)n(C)c2n1)C(C)C.Cl. The Kier molecular flexibility index (Phi) is 5.83. The highest BCUT2D eigenvalue weighted by molar-refractivity contribution is 5.85. The summed E-state index contributed by atoms with van der Waals surface area (Å²) < 4.78 is 7.20. The molecule has 0 aliphatic carbocycles. The molecule has 7 nitrogen and oxygen atoms in total. The monoisotopic (exact) mass is 389 g/mol. The molecule has 3 aromatic rings. The smallest absolute Gasteiger partial charge is 0.209 e. The third-order valence-corrected chi connectivity index (χ3v) is 4.62. The van der Waals surface area contributed by atoms with Gasteiger partial charge < -0.3 is 19.8 Å². The van der Waals surface area contributed by atoms with E-state index in [-0.39, 0.29) is 35.9 Å². The Labute approximate surface area is 164 Å². The first kappa shape index (κ1) is 20.7. The fraction of sp³-hybridized carbons (Fsp3) is 0.421. The highest BCUT2D eigenvalue weighted by Crippen LogP contribution is 2.27. The number of furan rings is 1. The summed E-state index contributed by atoms with van der Waals surface area (Å²) in [5.41, 5.74) is 5.99. The average Bonchev–Trinajstić information content (AvgIpc) is 3.21. The Morgan fingerprint density at radius 1 is 1.19 bits per heavy atom. The van der Waals surface area contributed by atoms with Gasteiger partial charge in [0.2, 0.25) is 5.82 Å². The van der Waals surface area contributed by atoms with E-state index in [4.69, 9.17) is 10.2 Å². The van der Waals surface area contributed by atoms with Crippen molar-refractivity contribution in [2.45, 2.75) is 33.3 Å². The molecular formula is C19H24ClN5O2. The number of aliphatic hydroxyl groups is 1. The predicted molar refractivity (Wildman–Crippen MR) is 107 cm³/mol. The van der Waals surface area contributed by atoms with E-state index < -0.39 is 5.60 Å². The van der Waals surface area contributed by atoms with Gasteiger partial charge in [0.1, 0.15) is 5.60 Å². The highest BCUT2D eigenvalue weighted by Gasteiger charge is 2.32. The highest BCUT2D eigenvalue weighted by atomic mass is 35.5. The molecule has 3 N–H and O–H groups in total. The Hall–Kier alpha value is -2.56. The number of nitrogen functional groups attached to an aromatic ring is 1. The van der Waals surface area contributed by atoms with Crippen LogP contribution in [-0.4, -0.2) is 30.2 Å². The molecule has 27 heavy (non-hydrogen) atoms. The molecule has 0 saturated heterocycles. The number of hydrogen-bond acceptors (Lipinski definition) is 6. The van der Waals surface area contributed by atoms with Crippen molar-refractivity contribution in [3.63, 3.8) is 0 Å². The molecular weight excluding hydrogens is 366 g/mol. The summed E-state index contributed by atoms with van der Waals surface area (Å²) in [6.45, 7) is 7.74. The fourth-order valence-electron chi connectivity index (χ4n) is 2.88. The van der Waals surface area contributed by atoms with E-state index in [2.05, 4.69) is 26.8 Å². The Morgan fingerprint density at radius 2 is 1.85 bits per heavy atom. The lowest BCUT2D eigenvalue weighted by molar-refractivity contribution is 0.00930. The standard InChI is InChI=1S/C19H23N5O2.ClH/c1-11(2)19(25,12(3)4)9-8-14-21-16(20)15-18(22-14)24(5)17(23-15)13-7-6-10-26-13;/h6-7,10-12,25H,1-5H3,(H2,20,21,22);1H. The number of halogens is 1. The number of fused-ring (bicyclic) bond motifs is 1. The number of nitrogens with two attached hydrogens (primary N) is 1. The molecule has 0 saturated carbocycles. The number of anilines is 1. The Bertz CT molecular complexity index is 989. The van der Waals surface area contributed by atoms with Crippen LogP contribution in [0.3, 0.4) is 0 Å². The van der Waals surface area contributed by atoms with Gasteiger partial charge in [0, 0.05) is 7.05 Å². The molecule has 8 heteroatoms. The minimum atomic E-state index is -1.13. The minimum absolute atomic E-state index is 0. The summed E-state index contributed by atoms with van der Waals surface area (Å²) in [6, 6.07) is 3.61. The van der Waals surface area contributed by atoms with Gasteiger partial charge in [-0.15, -0.1) is 12.4 Å². The third kappa shape index (κ3) is 3.64. The van der Waals surface area contributed by atoms with Crippen molar-refractivity contribution < 1.29 is 9.52 Å². The zero-order valence-corrected chi connectivity index (χ0v) is 16.8. The lowest BCUT2D eigenvalue weighted by Crippen LogP contribution is -2.39. The van der Waals surface area contributed by atoms with E-state index in [0.29, 0.717) is 22.7 Å². The van der Waals surface area contributed by atoms with Gasteiger partial charge in [-0.1, -0.05) is 33.6 Å². The van der Waals surface area contributed by atoms with Crippen LogP contribution >= 0.6 is 12.4 Å². The molecule has 3 heterocycles. The molecule has 0 fully saturated rings. The molecule has 0 aliphatic rings. The van der Waals surface area contributed by atoms with Crippen molar-refractivity contribution in [2.24, 2.45) is 18.9 Å². The van der Waals surface area contributed by atoms with Gasteiger partial charge in [-0.25, -0.2) is 15.0 Å². The van der Waals surface area contributed by atoms with Gasteiger partial charge in [-0.2, -0.15) is 0 Å². The molecule has 0 amide bonds. The lowest BCUT2D eigenvalue weighted by atomic mass is 9.81. The van der Waals surface area contributed by atoms with Crippen LogP contribution in [0.4, 0.5) is 5.82 Å². The van der Waals surface area contributed by atoms with E-state index in [1.54, 1.807) is 16.9 Å². The second kappa shape index (κ2) is 7.59. The minimum Gasteiger partial charge on any atom is -0.461 e. The van der Waals surface area contributed by atoms with Crippen LogP contribution in [0.25, 0.3) is 22.7 Å². The molecule has 0 aromatic carbocycles. The van der Waals surface area contributed by atoms with E-state index in [1.165, 1.54) is 0 Å². The number of aryl methyl sites for hydroxylation is 1. The number of nitrogens with zero attached hydrogens (tertiary/aromatic N) is 4.